The van der Waals surface area contributed by atoms with Crippen LogP contribution in [-0.4, -0.2) is 24.1 Å². The monoisotopic (exact) mass is 172 g/mol. The molecule has 1 heterocycles. The Morgan fingerprint density at radius 3 is 2.91 bits per heavy atom. The topological polar surface area (TPSA) is 41.0 Å². The highest BCUT2D eigenvalue weighted by atomic mass is 35.5. The van der Waals surface area contributed by atoms with Gasteiger partial charge >= 0.3 is 0 Å². The predicted octanol–water partition coefficient (Wildman–Crippen LogP) is 0.701. The highest BCUT2D eigenvalue weighted by molar-refractivity contribution is 6.28. The second-order valence-corrected chi connectivity index (χ2v) is 2.30. The van der Waals surface area contributed by atoms with E-state index in [1.165, 1.54) is 0 Å². The summed E-state index contributed by atoms with van der Waals surface area (Å²) >= 11 is 5.57. The number of hydrogen-bond acceptors (Lipinski definition) is 4. The number of hydrazine groups is 1. The van der Waals surface area contributed by atoms with Crippen LogP contribution in [0.2, 0.25) is 5.28 Å². The largest absolute Gasteiger partial charge is 0.295 e. The average molecular weight is 173 g/mol. The van der Waals surface area contributed by atoms with Gasteiger partial charge in [0.2, 0.25) is 5.28 Å². The van der Waals surface area contributed by atoms with Crippen molar-refractivity contribution in [2.45, 2.75) is 0 Å². The third-order valence-corrected chi connectivity index (χ3v) is 1.47. The van der Waals surface area contributed by atoms with Crippen molar-refractivity contribution in [2.24, 2.45) is 0 Å². The van der Waals surface area contributed by atoms with Crippen molar-refractivity contribution in [2.75, 3.05) is 19.1 Å². The molecule has 1 rings (SSSR count). The number of rotatable bonds is 2. The highest BCUT2D eigenvalue weighted by Gasteiger charge is 1.99. The molecule has 0 fully saturated rings. The number of aromatic nitrogens is 2. The van der Waals surface area contributed by atoms with Crippen LogP contribution in [0.5, 0.6) is 0 Å². The summed E-state index contributed by atoms with van der Waals surface area (Å²) < 4.78 is 0. The second kappa shape index (κ2) is 3.50. The van der Waals surface area contributed by atoms with E-state index >= 15 is 0 Å². The second-order valence-electron chi connectivity index (χ2n) is 1.97. The SMILES string of the molecule is CNN(C)c1ccnc(Cl)n1. The Morgan fingerprint density at radius 2 is 2.36 bits per heavy atom. The molecule has 0 aliphatic rings. The van der Waals surface area contributed by atoms with Crippen LogP contribution in [0.15, 0.2) is 12.3 Å². The Hall–Kier alpha value is -0.870. The molecule has 5 heteroatoms. The minimum atomic E-state index is 0.254. The zero-order valence-corrected chi connectivity index (χ0v) is 7.13. The van der Waals surface area contributed by atoms with Crippen molar-refractivity contribution in [1.29, 1.82) is 0 Å². The fourth-order valence-electron chi connectivity index (χ4n) is 0.627. The van der Waals surface area contributed by atoms with E-state index in [0.29, 0.717) is 0 Å². The van der Waals surface area contributed by atoms with Crippen LogP contribution in [0.4, 0.5) is 5.82 Å². The van der Waals surface area contributed by atoms with Gasteiger partial charge in [0.25, 0.3) is 0 Å². The van der Waals surface area contributed by atoms with E-state index in [1.807, 2.05) is 7.05 Å². The van der Waals surface area contributed by atoms with Gasteiger partial charge in [-0.2, -0.15) is 4.98 Å². The predicted molar refractivity (Wildman–Crippen MR) is 44.5 cm³/mol. The lowest BCUT2D eigenvalue weighted by atomic mass is 10.6. The molecule has 0 radical (unpaired) electrons. The van der Waals surface area contributed by atoms with Crippen LogP contribution in [0.25, 0.3) is 0 Å². The number of anilines is 1. The van der Waals surface area contributed by atoms with Gasteiger partial charge in [0, 0.05) is 26.4 Å². The van der Waals surface area contributed by atoms with E-state index < -0.39 is 0 Å². The molecule has 0 amide bonds. The summed E-state index contributed by atoms with van der Waals surface area (Å²) in [5.41, 5.74) is 2.89. The molecule has 60 valence electrons. The lowest BCUT2D eigenvalue weighted by Crippen LogP contribution is -2.31. The summed E-state index contributed by atoms with van der Waals surface area (Å²) in [5.74, 6) is 0.743. The van der Waals surface area contributed by atoms with Crippen LogP contribution in [0, 0.1) is 0 Å². The van der Waals surface area contributed by atoms with E-state index in [2.05, 4.69) is 15.4 Å². The molecule has 0 aromatic carbocycles. The Morgan fingerprint density at radius 1 is 1.64 bits per heavy atom. The van der Waals surface area contributed by atoms with E-state index in [9.17, 15) is 0 Å². The van der Waals surface area contributed by atoms with E-state index in [4.69, 9.17) is 11.6 Å². The van der Waals surface area contributed by atoms with Gasteiger partial charge < -0.3 is 0 Å². The summed E-state index contributed by atoms with van der Waals surface area (Å²) in [6.45, 7) is 0. The van der Waals surface area contributed by atoms with Crippen molar-refractivity contribution in [3.8, 4) is 0 Å². The summed E-state index contributed by atoms with van der Waals surface area (Å²) in [7, 11) is 3.65. The normalized spacial score (nSPS) is 9.73. The van der Waals surface area contributed by atoms with E-state index in [-0.39, 0.29) is 5.28 Å². The quantitative estimate of drug-likeness (QED) is 0.527. The van der Waals surface area contributed by atoms with E-state index in [0.717, 1.165) is 5.82 Å². The van der Waals surface area contributed by atoms with Crippen LogP contribution in [0.3, 0.4) is 0 Å². The molecule has 0 atom stereocenters. The van der Waals surface area contributed by atoms with Crippen molar-refractivity contribution in [3.63, 3.8) is 0 Å². The first-order chi connectivity index (χ1) is 5.24. The molecular formula is C6H9ClN4. The molecule has 1 N–H and O–H groups in total. The van der Waals surface area contributed by atoms with Gasteiger partial charge in [-0.3, -0.25) is 5.01 Å². The smallest absolute Gasteiger partial charge is 0.224 e. The molecule has 0 saturated heterocycles. The Labute approximate surface area is 70.2 Å². The molecule has 0 aliphatic heterocycles. The van der Waals surface area contributed by atoms with Crippen LogP contribution >= 0.6 is 11.6 Å². The third kappa shape index (κ3) is 2.03. The Kier molecular flexibility index (Phi) is 2.62. The fourth-order valence-corrected chi connectivity index (χ4v) is 0.770. The van der Waals surface area contributed by atoms with Gasteiger partial charge in [-0.05, 0) is 11.6 Å². The lowest BCUT2D eigenvalue weighted by Gasteiger charge is -2.15. The molecule has 0 aliphatic carbocycles. The first-order valence-electron chi connectivity index (χ1n) is 3.13. The van der Waals surface area contributed by atoms with Crippen molar-refractivity contribution >= 4 is 17.4 Å². The molecule has 4 nitrogen and oxygen atoms in total. The van der Waals surface area contributed by atoms with Crippen molar-refractivity contribution in [3.05, 3.63) is 17.5 Å². The lowest BCUT2D eigenvalue weighted by molar-refractivity contribution is 0.773. The van der Waals surface area contributed by atoms with Gasteiger partial charge in [0.05, 0.1) is 0 Å². The zero-order chi connectivity index (χ0) is 8.27. The molecule has 11 heavy (non-hydrogen) atoms. The maximum Gasteiger partial charge on any atom is 0.224 e. The highest BCUT2D eigenvalue weighted by Crippen LogP contribution is 2.07. The molecular weight excluding hydrogens is 164 g/mol. The van der Waals surface area contributed by atoms with Gasteiger partial charge in [-0.25, -0.2) is 10.4 Å². The van der Waals surface area contributed by atoms with Gasteiger partial charge in [0.1, 0.15) is 5.82 Å². The first-order valence-corrected chi connectivity index (χ1v) is 3.51. The van der Waals surface area contributed by atoms with Crippen LogP contribution in [0.1, 0.15) is 0 Å². The van der Waals surface area contributed by atoms with Gasteiger partial charge in [-0.15, -0.1) is 0 Å². The molecule has 0 unspecified atom stereocenters. The molecule has 0 spiro atoms. The number of nitrogens with one attached hydrogen (secondary N) is 1. The minimum absolute atomic E-state index is 0.254. The van der Waals surface area contributed by atoms with Gasteiger partial charge in [-0.1, -0.05) is 0 Å². The van der Waals surface area contributed by atoms with Crippen LogP contribution < -0.4 is 10.4 Å². The number of hydrogen-bond donors (Lipinski definition) is 1. The first kappa shape index (κ1) is 8.23. The Balaban J connectivity index is 2.86. The third-order valence-electron chi connectivity index (χ3n) is 1.29. The molecule has 0 saturated carbocycles. The maximum absolute atomic E-state index is 5.57. The zero-order valence-electron chi connectivity index (χ0n) is 6.37. The molecule has 0 bridgehead atoms. The number of nitrogens with zero attached hydrogens (tertiary/aromatic N) is 3. The summed E-state index contributed by atoms with van der Waals surface area (Å²) in [4.78, 5) is 7.72. The summed E-state index contributed by atoms with van der Waals surface area (Å²) in [6.07, 6.45) is 1.61. The van der Waals surface area contributed by atoms with Crippen molar-refractivity contribution < 1.29 is 0 Å². The standard InChI is InChI=1S/C6H9ClN4/c1-8-11(2)5-3-4-9-6(7)10-5/h3-4,8H,1-2H3. The summed E-state index contributed by atoms with van der Waals surface area (Å²) in [5, 5.41) is 2.00. The van der Waals surface area contributed by atoms with Crippen molar-refractivity contribution in [1.82, 2.24) is 15.4 Å². The van der Waals surface area contributed by atoms with Gasteiger partial charge in [0.15, 0.2) is 0 Å². The number of halogens is 1. The van der Waals surface area contributed by atoms with Crippen LogP contribution in [-0.2, 0) is 0 Å². The fraction of sp³-hybridized carbons (Fsp3) is 0.333. The summed E-state index contributed by atoms with van der Waals surface area (Å²) in [6, 6.07) is 1.77. The Bertz CT molecular complexity index is 240. The molecule has 1 aromatic heterocycles. The minimum Gasteiger partial charge on any atom is -0.295 e. The van der Waals surface area contributed by atoms with E-state index in [1.54, 1.807) is 24.3 Å². The molecule has 1 aromatic rings. The average Bonchev–Trinajstić information content (AvgIpc) is 2.03. The maximum atomic E-state index is 5.57.